The first-order chi connectivity index (χ1) is 10.7. The summed E-state index contributed by atoms with van der Waals surface area (Å²) in [7, 11) is 0. The van der Waals surface area contributed by atoms with E-state index in [1.165, 1.54) is 12.8 Å². The maximum Gasteiger partial charge on any atom is 0.220 e. The Balaban J connectivity index is 1.53. The van der Waals surface area contributed by atoms with Crippen molar-refractivity contribution < 1.29 is 9.53 Å². The molecule has 0 aromatic carbocycles. The number of carbonyl (C=O) groups excluding carboxylic acids is 1. The van der Waals surface area contributed by atoms with E-state index >= 15 is 0 Å². The number of nitrogens with one attached hydrogen (secondary N) is 1. The molecule has 3 rings (SSSR count). The summed E-state index contributed by atoms with van der Waals surface area (Å²) in [5.74, 6) is 2.03. The summed E-state index contributed by atoms with van der Waals surface area (Å²) in [5.41, 5.74) is 0. The number of fused-ring (bicyclic) bond motifs is 1. The zero-order valence-corrected chi connectivity index (χ0v) is 13.4. The summed E-state index contributed by atoms with van der Waals surface area (Å²) >= 11 is 0. The lowest BCUT2D eigenvalue weighted by atomic mass is 10.1. The molecule has 0 aliphatic carbocycles. The highest BCUT2D eigenvalue weighted by molar-refractivity contribution is 5.76. The summed E-state index contributed by atoms with van der Waals surface area (Å²) in [6.07, 6.45) is 8.39. The monoisotopic (exact) mass is 306 g/mol. The summed E-state index contributed by atoms with van der Waals surface area (Å²) in [6.45, 7) is 3.80. The molecule has 0 unspecified atom stereocenters. The van der Waals surface area contributed by atoms with Gasteiger partial charge in [0.25, 0.3) is 0 Å². The maximum atomic E-state index is 12.1. The molecule has 2 aliphatic rings. The van der Waals surface area contributed by atoms with E-state index in [-0.39, 0.29) is 18.1 Å². The third-order valence-corrected chi connectivity index (χ3v) is 4.62. The second kappa shape index (κ2) is 7.22. The van der Waals surface area contributed by atoms with Crippen molar-refractivity contribution >= 4 is 5.91 Å². The Hall–Kier alpha value is -1.43. The van der Waals surface area contributed by atoms with Gasteiger partial charge in [-0.1, -0.05) is 6.42 Å². The zero-order chi connectivity index (χ0) is 15.4. The minimum atomic E-state index is -0.0867. The Morgan fingerprint density at radius 3 is 3.09 bits per heavy atom. The summed E-state index contributed by atoms with van der Waals surface area (Å²) in [5, 5.41) is 11.7. The van der Waals surface area contributed by atoms with Crippen molar-refractivity contribution in [1.82, 2.24) is 20.1 Å². The van der Waals surface area contributed by atoms with Crippen molar-refractivity contribution in [2.45, 2.75) is 77.0 Å². The Morgan fingerprint density at radius 1 is 1.36 bits per heavy atom. The number of aryl methyl sites for hydroxylation is 1. The van der Waals surface area contributed by atoms with E-state index in [9.17, 15) is 4.79 Å². The van der Waals surface area contributed by atoms with Gasteiger partial charge in [-0.2, -0.15) is 0 Å². The molecule has 1 amide bonds. The zero-order valence-electron chi connectivity index (χ0n) is 13.4. The minimum absolute atomic E-state index is 0.0778. The third kappa shape index (κ3) is 3.66. The van der Waals surface area contributed by atoms with E-state index in [4.69, 9.17) is 4.74 Å². The fourth-order valence-electron chi connectivity index (χ4n) is 3.37. The number of nitrogens with zero attached hydrogens (tertiary/aromatic N) is 3. The number of rotatable bonds is 5. The normalized spacial score (nSPS) is 22.9. The van der Waals surface area contributed by atoms with Gasteiger partial charge in [-0.05, 0) is 39.0 Å². The van der Waals surface area contributed by atoms with Crippen molar-refractivity contribution in [2.24, 2.45) is 0 Å². The molecule has 1 aromatic rings. The van der Waals surface area contributed by atoms with Crippen molar-refractivity contribution in [1.29, 1.82) is 0 Å². The Bertz CT molecular complexity index is 508. The summed E-state index contributed by atoms with van der Waals surface area (Å²) in [6, 6.07) is -0.0867. The van der Waals surface area contributed by atoms with Crippen molar-refractivity contribution in [3.63, 3.8) is 0 Å². The molecule has 1 N–H and O–H groups in total. The lowest BCUT2D eigenvalue weighted by Gasteiger charge is -2.16. The molecule has 22 heavy (non-hydrogen) atoms. The van der Waals surface area contributed by atoms with Crippen LogP contribution >= 0.6 is 0 Å². The summed E-state index contributed by atoms with van der Waals surface area (Å²) < 4.78 is 7.75. The van der Waals surface area contributed by atoms with Crippen LogP contribution in [0.5, 0.6) is 0 Å². The van der Waals surface area contributed by atoms with Gasteiger partial charge in [0.15, 0.2) is 5.82 Å². The highest BCUT2D eigenvalue weighted by atomic mass is 16.5. The molecule has 6 nitrogen and oxygen atoms in total. The second-order valence-corrected chi connectivity index (χ2v) is 6.40. The standard InChI is InChI=1S/C16H26N4O2/c1-12(17-15(21)9-8-13-6-5-11-22-13)16-19-18-14-7-3-2-4-10-20(14)16/h12-13H,2-11H2,1H3,(H,17,21)/t12-,13+/m0/s1. The molecule has 0 saturated carbocycles. The molecular formula is C16H26N4O2. The summed E-state index contributed by atoms with van der Waals surface area (Å²) in [4.78, 5) is 12.1. The average Bonchev–Trinajstić information content (AvgIpc) is 3.10. The number of ether oxygens (including phenoxy) is 1. The first-order valence-electron chi connectivity index (χ1n) is 8.57. The largest absolute Gasteiger partial charge is 0.378 e. The fraction of sp³-hybridized carbons (Fsp3) is 0.812. The second-order valence-electron chi connectivity index (χ2n) is 6.40. The van der Waals surface area contributed by atoms with Crippen molar-refractivity contribution in [2.75, 3.05) is 6.61 Å². The van der Waals surface area contributed by atoms with Gasteiger partial charge in [-0.3, -0.25) is 4.79 Å². The van der Waals surface area contributed by atoms with Crippen molar-refractivity contribution in [3.05, 3.63) is 11.6 Å². The van der Waals surface area contributed by atoms with E-state index in [1.807, 2.05) is 6.92 Å². The van der Waals surface area contributed by atoms with Crippen LogP contribution in [-0.4, -0.2) is 33.4 Å². The van der Waals surface area contributed by atoms with Crippen LogP contribution in [0.15, 0.2) is 0 Å². The molecule has 6 heteroatoms. The van der Waals surface area contributed by atoms with Crippen LogP contribution in [0.25, 0.3) is 0 Å². The number of aromatic nitrogens is 3. The van der Waals surface area contributed by atoms with Crippen LogP contribution < -0.4 is 5.32 Å². The van der Waals surface area contributed by atoms with Gasteiger partial charge in [0.2, 0.25) is 5.91 Å². The highest BCUT2D eigenvalue weighted by Crippen LogP contribution is 2.20. The molecule has 1 aromatic heterocycles. The van der Waals surface area contributed by atoms with Crippen molar-refractivity contribution in [3.8, 4) is 0 Å². The highest BCUT2D eigenvalue weighted by Gasteiger charge is 2.21. The fourth-order valence-corrected chi connectivity index (χ4v) is 3.37. The van der Waals surface area contributed by atoms with E-state index in [2.05, 4.69) is 20.1 Å². The molecular weight excluding hydrogens is 280 g/mol. The lowest BCUT2D eigenvalue weighted by Crippen LogP contribution is -2.29. The molecule has 2 aliphatic heterocycles. The molecule has 1 saturated heterocycles. The topological polar surface area (TPSA) is 69.0 Å². The number of carbonyl (C=O) groups is 1. The molecule has 0 radical (unpaired) electrons. The molecule has 1 fully saturated rings. The van der Waals surface area contributed by atoms with Gasteiger partial charge in [0.1, 0.15) is 5.82 Å². The quantitative estimate of drug-likeness (QED) is 0.905. The van der Waals surface area contributed by atoms with Crippen LogP contribution in [0, 0.1) is 0 Å². The van der Waals surface area contributed by atoms with Gasteiger partial charge < -0.3 is 14.6 Å². The minimum Gasteiger partial charge on any atom is -0.378 e. The molecule has 0 spiro atoms. The van der Waals surface area contributed by atoms with Gasteiger partial charge in [-0.25, -0.2) is 0 Å². The SMILES string of the molecule is C[C@H](NC(=O)CC[C@H]1CCCO1)c1nnc2n1CCCCC2. The number of amides is 1. The van der Waals surface area contributed by atoms with Gasteiger partial charge in [0.05, 0.1) is 12.1 Å². The maximum absolute atomic E-state index is 12.1. The van der Waals surface area contributed by atoms with E-state index in [0.717, 1.165) is 56.9 Å². The lowest BCUT2D eigenvalue weighted by molar-refractivity contribution is -0.122. The van der Waals surface area contributed by atoms with Crippen LogP contribution in [-0.2, 0) is 22.5 Å². The van der Waals surface area contributed by atoms with Crippen LogP contribution in [0.3, 0.4) is 0 Å². The average molecular weight is 306 g/mol. The van der Waals surface area contributed by atoms with Gasteiger partial charge >= 0.3 is 0 Å². The van der Waals surface area contributed by atoms with Crippen LogP contribution in [0.1, 0.15) is 69.6 Å². The third-order valence-electron chi connectivity index (χ3n) is 4.62. The molecule has 0 bridgehead atoms. The van der Waals surface area contributed by atoms with Crippen LogP contribution in [0.4, 0.5) is 0 Å². The Morgan fingerprint density at radius 2 is 2.27 bits per heavy atom. The molecule has 2 atom stereocenters. The van der Waals surface area contributed by atoms with Crippen LogP contribution in [0.2, 0.25) is 0 Å². The Kier molecular flexibility index (Phi) is 5.08. The van der Waals surface area contributed by atoms with Gasteiger partial charge in [-0.15, -0.1) is 10.2 Å². The van der Waals surface area contributed by atoms with Gasteiger partial charge in [0, 0.05) is 26.0 Å². The predicted molar refractivity (Wildman–Crippen MR) is 82.3 cm³/mol. The van der Waals surface area contributed by atoms with E-state index in [1.54, 1.807) is 0 Å². The first kappa shape index (κ1) is 15.5. The predicted octanol–water partition coefficient (Wildman–Crippen LogP) is 2.14. The Labute approximate surface area is 131 Å². The van der Waals surface area contributed by atoms with E-state index < -0.39 is 0 Å². The smallest absolute Gasteiger partial charge is 0.220 e. The molecule has 122 valence electrons. The first-order valence-corrected chi connectivity index (χ1v) is 8.57. The van der Waals surface area contributed by atoms with E-state index in [0.29, 0.717) is 6.42 Å². The number of hydrogen-bond acceptors (Lipinski definition) is 4. The number of hydrogen-bond donors (Lipinski definition) is 1. The molecule has 3 heterocycles.